The Bertz CT molecular complexity index is 4940. The summed E-state index contributed by atoms with van der Waals surface area (Å²) in [5.41, 5.74) is 13.8. The molecule has 3 N–H and O–H groups in total. The van der Waals surface area contributed by atoms with Crippen LogP contribution in [0.15, 0.2) is 291 Å². The topological polar surface area (TPSA) is 125 Å². The van der Waals surface area contributed by atoms with Crippen molar-refractivity contribution in [3.63, 3.8) is 0 Å². The number of fused-ring (bicyclic) bond motifs is 1. The monoisotopic (exact) mass is 1860 g/mol. The molecular weight excluding hydrogens is 1690 g/mol. The molecule has 0 radical (unpaired) electrons. The van der Waals surface area contributed by atoms with E-state index in [4.69, 9.17) is 48.5 Å². The second kappa shape index (κ2) is 55.0. The molecule has 738 valence electrons. The zero-order chi connectivity index (χ0) is 98.4. The van der Waals surface area contributed by atoms with Crippen LogP contribution in [0.5, 0.6) is 40.2 Å². The van der Waals surface area contributed by atoms with E-state index >= 15 is 0 Å². The highest BCUT2D eigenvalue weighted by Gasteiger charge is 2.56. The van der Waals surface area contributed by atoms with Crippen molar-refractivity contribution in [3.8, 4) is 40.2 Å². The highest BCUT2D eigenvalue weighted by molar-refractivity contribution is 5.37. The quantitative estimate of drug-likeness (QED) is 0.0336. The molecule has 0 saturated heterocycles. The van der Waals surface area contributed by atoms with Crippen LogP contribution in [-0.4, -0.2) is 47.4 Å². The first-order valence-corrected chi connectivity index (χ1v) is 52.5. The number of rotatable bonds is 34. The van der Waals surface area contributed by atoms with E-state index in [0.29, 0.717) is 77.3 Å². The van der Waals surface area contributed by atoms with Crippen LogP contribution >= 0.6 is 0 Å². The summed E-state index contributed by atoms with van der Waals surface area (Å²) in [6.07, 6.45) is 25.0. The highest BCUT2D eigenvalue weighted by Crippen LogP contribution is 2.62. The largest absolute Gasteiger partial charge is 0.508 e. The molecule has 0 aromatic heterocycles. The molecule has 11 aromatic carbocycles. The fourth-order valence-corrected chi connectivity index (χ4v) is 20.5. The summed E-state index contributed by atoms with van der Waals surface area (Å²) in [5.74, 6) is 13.1. The summed E-state index contributed by atoms with van der Waals surface area (Å²) in [6, 6.07) is 98.3. The number of phenols is 3. The van der Waals surface area contributed by atoms with Gasteiger partial charge in [-0.2, -0.15) is 0 Å². The molecule has 14 atom stereocenters. The summed E-state index contributed by atoms with van der Waals surface area (Å²) >= 11 is 0. The van der Waals surface area contributed by atoms with Crippen LogP contribution < -0.4 is 18.9 Å². The molecule has 11 aromatic rings. The third kappa shape index (κ3) is 32.8. The Morgan fingerprint density at radius 3 is 0.971 bits per heavy atom. The minimum atomic E-state index is -0.440. The Hall–Kier alpha value is -10.1. The first kappa shape index (κ1) is 109. The van der Waals surface area contributed by atoms with E-state index in [1.165, 1.54) is 152 Å². The first-order valence-electron chi connectivity index (χ1n) is 52.5. The van der Waals surface area contributed by atoms with Crippen LogP contribution in [0.4, 0.5) is 0 Å². The van der Waals surface area contributed by atoms with Gasteiger partial charge in [0, 0.05) is 12.5 Å². The number of hydrogen-bond acceptors (Lipinski definition) is 10. The smallest absolute Gasteiger partial charge is 0.209 e. The molecule has 4 bridgehead atoms. The Morgan fingerprint density at radius 1 is 0.321 bits per heavy atom. The van der Waals surface area contributed by atoms with Crippen LogP contribution in [0.25, 0.3) is 0 Å². The van der Waals surface area contributed by atoms with E-state index in [0.717, 1.165) is 84.3 Å². The number of phenolic OH excluding ortho intramolecular Hbond substituents is 3. The van der Waals surface area contributed by atoms with Gasteiger partial charge in [0.2, 0.25) is 18.9 Å². The highest BCUT2D eigenvalue weighted by atomic mass is 16.7. The molecule has 6 saturated carbocycles. The summed E-state index contributed by atoms with van der Waals surface area (Å²) in [4.78, 5) is 0. The number of ether oxygens (including phenoxy) is 7. The van der Waals surface area contributed by atoms with Crippen LogP contribution in [0.1, 0.15) is 369 Å². The van der Waals surface area contributed by atoms with Crippen molar-refractivity contribution in [2.45, 2.75) is 350 Å². The van der Waals surface area contributed by atoms with E-state index in [1.807, 2.05) is 86.0 Å². The van der Waals surface area contributed by atoms with Crippen molar-refractivity contribution in [1.29, 1.82) is 0 Å². The molecule has 0 heterocycles. The van der Waals surface area contributed by atoms with Crippen LogP contribution in [0.3, 0.4) is 0 Å². The van der Waals surface area contributed by atoms with Gasteiger partial charge in [-0.25, -0.2) is 0 Å². The zero-order valence-corrected chi connectivity index (χ0v) is 87.1. The van der Waals surface area contributed by atoms with Gasteiger partial charge in [0.15, 0.2) is 0 Å². The van der Waals surface area contributed by atoms with Gasteiger partial charge < -0.3 is 48.5 Å². The van der Waals surface area contributed by atoms with Crippen molar-refractivity contribution >= 4 is 0 Å². The van der Waals surface area contributed by atoms with Crippen molar-refractivity contribution in [2.75, 3.05) is 7.11 Å². The first-order chi connectivity index (χ1) is 66.0. The number of benzene rings is 11. The Labute approximate surface area is 827 Å². The fraction of sp³-hybridized carbons (Fsp3) is 0.480. The van der Waals surface area contributed by atoms with Crippen LogP contribution in [0.2, 0.25) is 0 Å². The SMILES string of the molecule is CCC(C)c1ccc(O)cc1.CCC(C)c1ccc(O)cc1.CCC(C)c1ccc(O)cc1.CCC(C)c1ccc(OC(OC(C)c2ccccc2)C(C)(C)c2ccccc2)cc1.CCC(C)c1ccc(OC(OC)C23CC4CC(CC(C4)C2)C3)cc1.CCC(C)c1ccc(OC(OC2CCCC3CCCCC32)C(C)(C)c2ccccc2)cc1.CCC(C)c1ccc(OCc2ccccc2)cc1. The average molecular weight is 1860 g/mol. The van der Waals surface area contributed by atoms with Gasteiger partial charge in [0.25, 0.3) is 0 Å². The second-order valence-corrected chi connectivity index (χ2v) is 41.5. The number of aromatic hydroxyl groups is 3. The fourth-order valence-electron chi connectivity index (χ4n) is 20.5. The van der Waals surface area contributed by atoms with Gasteiger partial charge in [-0.1, -0.05) is 329 Å². The second-order valence-electron chi connectivity index (χ2n) is 41.5. The van der Waals surface area contributed by atoms with Crippen molar-refractivity contribution in [1.82, 2.24) is 0 Å². The zero-order valence-electron chi connectivity index (χ0n) is 87.1. The van der Waals surface area contributed by atoms with E-state index in [9.17, 15) is 0 Å². The summed E-state index contributed by atoms with van der Waals surface area (Å²) in [5, 5.41) is 27.0. The third-order valence-corrected chi connectivity index (χ3v) is 30.9. The summed E-state index contributed by atoms with van der Waals surface area (Å²) in [6.45, 7) is 42.6. The molecule has 137 heavy (non-hydrogen) atoms. The third-order valence-electron chi connectivity index (χ3n) is 30.9. The lowest BCUT2D eigenvalue weighted by Gasteiger charge is -2.58. The molecule has 0 aliphatic heterocycles. The molecule has 6 aliphatic carbocycles. The maximum Gasteiger partial charge on any atom is 0.209 e. The average Bonchev–Trinajstić information content (AvgIpc) is 0.735. The Morgan fingerprint density at radius 2 is 0.620 bits per heavy atom. The molecule has 0 spiro atoms. The lowest BCUT2D eigenvalue weighted by Crippen LogP contribution is -2.53. The van der Waals surface area contributed by atoms with Crippen LogP contribution in [-0.2, 0) is 31.6 Å². The van der Waals surface area contributed by atoms with E-state index in [-0.39, 0.29) is 34.9 Å². The van der Waals surface area contributed by atoms with Crippen molar-refractivity contribution < 1.29 is 48.5 Å². The lowest BCUT2D eigenvalue weighted by atomic mass is 9.49. The molecule has 0 amide bonds. The maximum absolute atomic E-state index is 9.01. The van der Waals surface area contributed by atoms with Gasteiger partial charge in [-0.15, -0.1) is 0 Å². The lowest BCUT2D eigenvalue weighted by molar-refractivity contribution is -0.204. The van der Waals surface area contributed by atoms with E-state index in [1.54, 1.807) is 36.4 Å². The Kier molecular flexibility index (Phi) is 43.8. The minimum absolute atomic E-state index is 0.0830. The van der Waals surface area contributed by atoms with Crippen molar-refractivity contribution in [2.24, 2.45) is 35.0 Å². The number of methoxy groups -OCH3 is 1. The van der Waals surface area contributed by atoms with Gasteiger partial charge in [-0.3, -0.25) is 0 Å². The molecule has 17 rings (SSSR count). The normalized spacial score (nSPS) is 20.3. The maximum atomic E-state index is 9.01. The molecule has 6 aliphatic rings. The van der Waals surface area contributed by atoms with Gasteiger partial charge in [-0.05, 0) is 354 Å². The van der Waals surface area contributed by atoms with E-state index in [2.05, 4.69) is 307 Å². The Balaban J connectivity index is 0.000000172. The van der Waals surface area contributed by atoms with Gasteiger partial charge >= 0.3 is 0 Å². The minimum Gasteiger partial charge on any atom is -0.508 e. The van der Waals surface area contributed by atoms with E-state index < -0.39 is 6.29 Å². The molecule has 14 unspecified atom stereocenters. The standard InChI is InChI=1S/C30H42O2.C28H34O2.C22H32O2.C17H20O.3C10H14O/c1-5-22(2)23-18-20-26(21-19-23)31-29(30(3,4)25-14-7-6-8-15-25)32-28-17-11-13-24-12-9-10-16-27(24)28;1-6-21(2)23-17-19-26(20-18-23)30-27(28(4,5)25-15-11-8-12-16-25)29-22(3)24-13-9-7-10-14-24;1-4-15(2)19-5-7-20(8-6-19)24-21(23-3)22-12-16-9-17(13-22)11-18(10-16)14-22;1-3-14(2)16-9-11-17(12-10-16)18-13-15-7-5-4-6-8-15;3*1-3-8(2)9-4-6-10(11)7-5-9/h6-8,14-15,18-22,24,27-29H,5,9-13,16-17H2,1-4H3;7-22,27H,6H2,1-5H3;5-8,15-18,21H,4,9-14H2,1-3H3;4-12,14H,3,13H2,1-2H3;3*4-8,11H,3H2,1-2H3. The molecule has 10 nitrogen and oxygen atoms in total. The van der Waals surface area contributed by atoms with Crippen LogP contribution in [0, 0.1) is 35.0 Å². The molecule has 10 heteroatoms. The summed E-state index contributed by atoms with van der Waals surface area (Å²) < 4.78 is 44.7. The van der Waals surface area contributed by atoms with Crippen molar-refractivity contribution in [3.05, 3.63) is 352 Å². The number of hydrogen-bond donors (Lipinski definition) is 3. The van der Waals surface area contributed by atoms with Gasteiger partial charge in [0.05, 0.1) is 23.0 Å². The predicted molar refractivity (Wildman–Crippen MR) is 572 cm³/mol. The molecule has 6 fully saturated rings. The van der Waals surface area contributed by atoms with Gasteiger partial charge in [0.1, 0.15) is 46.9 Å². The summed E-state index contributed by atoms with van der Waals surface area (Å²) in [7, 11) is 1.83. The predicted octanol–water partition coefficient (Wildman–Crippen LogP) is 35.2. The molecular formula is C127H170O10.